The van der Waals surface area contributed by atoms with E-state index in [4.69, 9.17) is 28.9 Å². The maximum Gasteiger partial charge on any atom is 0.183 e. The van der Waals surface area contributed by atoms with Gasteiger partial charge in [-0.3, -0.25) is 0 Å². The van der Waals surface area contributed by atoms with Crippen LogP contribution in [0.3, 0.4) is 0 Å². The molecule has 0 amide bonds. The van der Waals surface area contributed by atoms with Gasteiger partial charge < -0.3 is 23.7 Å². The van der Waals surface area contributed by atoms with Gasteiger partial charge in [0.05, 0.1) is 44.2 Å². The van der Waals surface area contributed by atoms with Crippen LogP contribution in [0.25, 0.3) is 0 Å². The number of hydrogen-bond acceptors (Lipinski definition) is 6. The van der Waals surface area contributed by atoms with Crippen LogP contribution < -0.4 is 0 Å². The summed E-state index contributed by atoms with van der Waals surface area (Å²) in [6.45, 7) is 3.29. The fourth-order valence-electron chi connectivity index (χ4n) is 3.91. The molecule has 0 aromatic heterocycles. The minimum atomic E-state index is -0.318. The summed E-state index contributed by atoms with van der Waals surface area (Å²) in [5.41, 5.74) is 1.62. The molecule has 2 saturated heterocycles. The summed E-state index contributed by atoms with van der Waals surface area (Å²) < 4.78 is 28.3. The number of epoxide rings is 1. The first-order valence-corrected chi connectivity index (χ1v) is 9.86. The normalized spacial score (nSPS) is 33.4. The summed E-state index contributed by atoms with van der Waals surface area (Å²) in [4.78, 5) is 0. The van der Waals surface area contributed by atoms with Gasteiger partial charge in [0, 0.05) is 11.5 Å². The molecule has 1 unspecified atom stereocenters. The molecule has 3 aliphatic rings. The standard InChI is InChI=1S/C21H27NO5/c22-9-15-1-3-17(4-2-15)21-25-10-18(11-26-21)16-5-7-19(8-6-16)27-14-23-12-20-13-24-20/h1-4,16,18-21H,5-8,10-14H2. The first-order chi connectivity index (χ1) is 13.3. The molecule has 2 heterocycles. The van der Waals surface area contributed by atoms with Gasteiger partial charge in [0.15, 0.2) is 6.29 Å². The van der Waals surface area contributed by atoms with Gasteiger partial charge in [0.1, 0.15) is 12.9 Å². The molecular weight excluding hydrogens is 346 g/mol. The molecule has 1 aliphatic carbocycles. The number of rotatable bonds is 7. The molecule has 27 heavy (non-hydrogen) atoms. The van der Waals surface area contributed by atoms with E-state index in [2.05, 4.69) is 6.07 Å². The molecular formula is C21H27NO5. The molecule has 0 radical (unpaired) electrons. The summed E-state index contributed by atoms with van der Waals surface area (Å²) in [5, 5.41) is 8.89. The highest BCUT2D eigenvalue weighted by Gasteiger charge is 2.32. The van der Waals surface area contributed by atoms with Crippen molar-refractivity contribution in [2.24, 2.45) is 11.8 Å². The molecule has 1 saturated carbocycles. The van der Waals surface area contributed by atoms with E-state index in [1.165, 1.54) is 0 Å². The Labute approximate surface area is 160 Å². The van der Waals surface area contributed by atoms with E-state index in [1.807, 2.05) is 12.1 Å². The van der Waals surface area contributed by atoms with E-state index in [0.29, 0.717) is 43.0 Å². The van der Waals surface area contributed by atoms with Crippen molar-refractivity contribution in [1.29, 1.82) is 5.26 Å². The molecule has 0 bridgehead atoms. The molecule has 0 N–H and O–H groups in total. The van der Waals surface area contributed by atoms with Gasteiger partial charge in [-0.1, -0.05) is 12.1 Å². The maximum absolute atomic E-state index is 8.89. The molecule has 4 rings (SSSR count). The summed E-state index contributed by atoms with van der Waals surface area (Å²) in [6, 6.07) is 9.55. The molecule has 146 valence electrons. The van der Waals surface area contributed by atoms with E-state index in [0.717, 1.165) is 51.1 Å². The zero-order valence-electron chi connectivity index (χ0n) is 15.5. The second-order valence-corrected chi connectivity index (χ2v) is 7.64. The monoisotopic (exact) mass is 373 g/mol. The molecule has 3 fully saturated rings. The summed E-state index contributed by atoms with van der Waals surface area (Å²) in [5.74, 6) is 1.08. The Kier molecular flexibility index (Phi) is 6.38. The van der Waals surface area contributed by atoms with Crippen molar-refractivity contribution in [3.8, 4) is 6.07 Å². The van der Waals surface area contributed by atoms with Crippen LogP contribution in [0.5, 0.6) is 0 Å². The predicted octanol–water partition coefficient (Wildman–Crippen LogP) is 3.17. The number of nitriles is 1. The second kappa shape index (κ2) is 9.13. The Balaban J connectivity index is 1.15. The lowest BCUT2D eigenvalue weighted by Crippen LogP contribution is -2.35. The van der Waals surface area contributed by atoms with Crippen LogP contribution in [-0.4, -0.2) is 45.4 Å². The van der Waals surface area contributed by atoms with Gasteiger partial charge >= 0.3 is 0 Å². The van der Waals surface area contributed by atoms with Crippen LogP contribution in [0.1, 0.15) is 43.1 Å². The number of nitrogens with zero attached hydrogens (tertiary/aromatic N) is 1. The first-order valence-electron chi connectivity index (χ1n) is 9.86. The summed E-state index contributed by atoms with van der Waals surface area (Å²) in [7, 11) is 0. The maximum atomic E-state index is 8.89. The largest absolute Gasteiger partial charge is 0.371 e. The number of benzene rings is 1. The van der Waals surface area contributed by atoms with Gasteiger partial charge in [-0.25, -0.2) is 0 Å². The molecule has 6 heteroatoms. The molecule has 6 nitrogen and oxygen atoms in total. The van der Waals surface area contributed by atoms with E-state index in [9.17, 15) is 0 Å². The Morgan fingerprint density at radius 2 is 1.63 bits per heavy atom. The van der Waals surface area contributed by atoms with E-state index < -0.39 is 0 Å². The molecule has 1 aromatic rings. The lowest BCUT2D eigenvalue weighted by atomic mass is 9.79. The van der Waals surface area contributed by atoms with Crippen molar-refractivity contribution in [2.45, 2.75) is 44.2 Å². The van der Waals surface area contributed by atoms with Crippen molar-refractivity contribution in [2.75, 3.05) is 33.2 Å². The average molecular weight is 373 g/mol. The third-order valence-corrected chi connectivity index (χ3v) is 5.71. The van der Waals surface area contributed by atoms with Crippen LogP contribution in [0.2, 0.25) is 0 Å². The lowest BCUT2D eigenvalue weighted by Gasteiger charge is -2.37. The zero-order valence-corrected chi connectivity index (χ0v) is 15.5. The highest BCUT2D eigenvalue weighted by atomic mass is 16.7. The van der Waals surface area contributed by atoms with Crippen molar-refractivity contribution < 1.29 is 23.7 Å². The molecule has 1 atom stereocenters. The van der Waals surface area contributed by atoms with Crippen molar-refractivity contribution in [1.82, 2.24) is 0 Å². The van der Waals surface area contributed by atoms with Crippen molar-refractivity contribution >= 4 is 0 Å². The highest BCUT2D eigenvalue weighted by molar-refractivity contribution is 5.32. The smallest absolute Gasteiger partial charge is 0.183 e. The van der Waals surface area contributed by atoms with Crippen molar-refractivity contribution in [3.05, 3.63) is 35.4 Å². The summed E-state index contributed by atoms with van der Waals surface area (Å²) in [6.07, 6.45) is 4.72. The number of hydrogen-bond donors (Lipinski definition) is 0. The fraction of sp³-hybridized carbons (Fsp3) is 0.667. The Morgan fingerprint density at radius 1 is 0.926 bits per heavy atom. The SMILES string of the molecule is N#Cc1ccc(C2OCC(C3CCC(OCOCC4CO4)CC3)CO2)cc1. The third-order valence-electron chi connectivity index (χ3n) is 5.71. The molecule has 1 aromatic carbocycles. The van der Waals surface area contributed by atoms with Crippen LogP contribution >= 0.6 is 0 Å². The number of ether oxygens (including phenoxy) is 5. The van der Waals surface area contributed by atoms with Gasteiger partial charge in [0.2, 0.25) is 0 Å². The Morgan fingerprint density at radius 3 is 2.26 bits per heavy atom. The van der Waals surface area contributed by atoms with Gasteiger partial charge in [0.25, 0.3) is 0 Å². The van der Waals surface area contributed by atoms with Gasteiger partial charge in [-0.15, -0.1) is 0 Å². The van der Waals surface area contributed by atoms with E-state index in [-0.39, 0.29) is 6.29 Å². The minimum Gasteiger partial charge on any atom is -0.371 e. The van der Waals surface area contributed by atoms with E-state index in [1.54, 1.807) is 12.1 Å². The van der Waals surface area contributed by atoms with Crippen LogP contribution in [-0.2, 0) is 23.7 Å². The fourth-order valence-corrected chi connectivity index (χ4v) is 3.91. The Hall–Kier alpha value is -1.49. The highest BCUT2D eigenvalue weighted by Crippen LogP contribution is 2.36. The minimum absolute atomic E-state index is 0.295. The average Bonchev–Trinajstić information content (AvgIpc) is 3.56. The zero-order chi connectivity index (χ0) is 18.5. The first kappa shape index (κ1) is 18.9. The van der Waals surface area contributed by atoms with Crippen LogP contribution in [0.15, 0.2) is 24.3 Å². The van der Waals surface area contributed by atoms with Gasteiger partial charge in [-0.05, 0) is 43.7 Å². The van der Waals surface area contributed by atoms with E-state index >= 15 is 0 Å². The molecule has 2 aliphatic heterocycles. The third kappa shape index (κ3) is 5.28. The predicted molar refractivity (Wildman–Crippen MR) is 96.7 cm³/mol. The summed E-state index contributed by atoms with van der Waals surface area (Å²) >= 11 is 0. The molecule has 0 spiro atoms. The van der Waals surface area contributed by atoms with Crippen molar-refractivity contribution in [3.63, 3.8) is 0 Å². The van der Waals surface area contributed by atoms with Crippen LogP contribution in [0, 0.1) is 23.2 Å². The van der Waals surface area contributed by atoms with Gasteiger partial charge in [-0.2, -0.15) is 5.26 Å². The topological polar surface area (TPSA) is 73.2 Å². The second-order valence-electron chi connectivity index (χ2n) is 7.64. The lowest BCUT2D eigenvalue weighted by molar-refractivity contribution is -0.216. The Bertz CT molecular complexity index is 623. The van der Waals surface area contributed by atoms with Crippen LogP contribution in [0.4, 0.5) is 0 Å². The quantitative estimate of drug-likeness (QED) is 0.415.